The largest absolute Gasteiger partial charge is 0.388 e. The van der Waals surface area contributed by atoms with E-state index in [2.05, 4.69) is 29.5 Å². The van der Waals surface area contributed by atoms with Crippen molar-refractivity contribution in [2.24, 2.45) is 5.92 Å². The third kappa shape index (κ3) is 4.03. The first-order valence-corrected chi connectivity index (χ1v) is 7.39. The molecule has 6 heteroatoms. The molecule has 1 aromatic heterocycles. The Labute approximate surface area is 119 Å². The normalized spacial score (nSPS) is 17.6. The van der Waals surface area contributed by atoms with Gasteiger partial charge in [-0.3, -0.25) is 9.48 Å². The molecule has 0 radical (unpaired) electrons. The lowest BCUT2D eigenvalue weighted by atomic mass is 10.0. The average Bonchev–Trinajstić information content (AvgIpc) is 3.03. The van der Waals surface area contributed by atoms with Crippen molar-refractivity contribution < 1.29 is 9.90 Å². The predicted molar refractivity (Wildman–Crippen MR) is 75.2 cm³/mol. The summed E-state index contributed by atoms with van der Waals surface area (Å²) in [5.74, 6) is 0.328. The zero-order valence-electron chi connectivity index (χ0n) is 12.3. The van der Waals surface area contributed by atoms with Gasteiger partial charge in [-0.05, 0) is 25.2 Å². The van der Waals surface area contributed by atoms with E-state index >= 15 is 0 Å². The van der Waals surface area contributed by atoms with Gasteiger partial charge in [0.25, 0.3) is 5.91 Å². The van der Waals surface area contributed by atoms with Crippen LogP contribution in [0.1, 0.15) is 56.4 Å². The summed E-state index contributed by atoms with van der Waals surface area (Å²) in [6.45, 7) is 5.35. The van der Waals surface area contributed by atoms with Gasteiger partial charge >= 0.3 is 0 Å². The van der Waals surface area contributed by atoms with Crippen molar-refractivity contribution in [2.45, 2.75) is 58.1 Å². The molecule has 1 heterocycles. The molecule has 2 N–H and O–H groups in total. The van der Waals surface area contributed by atoms with Crippen molar-refractivity contribution >= 4 is 5.91 Å². The van der Waals surface area contributed by atoms with Crippen LogP contribution in [0.5, 0.6) is 0 Å². The Morgan fingerprint density at radius 2 is 2.20 bits per heavy atom. The van der Waals surface area contributed by atoms with E-state index in [1.165, 1.54) is 0 Å². The SMILES string of the molecule is CC(C)CCn1cc(C(=O)NCC2(O)CCCC2)nn1. The Hall–Kier alpha value is -1.43. The number of aliphatic hydroxyl groups is 1. The van der Waals surface area contributed by atoms with Crippen LogP contribution in [0.2, 0.25) is 0 Å². The van der Waals surface area contributed by atoms with E-state index in [1.807, 2.05) is 0 Å². The highest BCUT2D eigenvalue weighted by molar-refractivity contribution is 5.91. The van der Waals surface area contributed by atoms with Gasteiger partial charge in [0.05, 0.1) is 11.8 Å². The van der Waals surface area contributed by atoms with E-state index < -0.39 is 5.60 Å². The summed E-state index contributed by atoms with van der Waals surface area (Å²) in [4.78, 5) is 12.0. The number of nitrogens with zero attached hydrogens (tertiary/aromatic N) is 3. The smallest absolute Gasteiger partial charge is 0.273 e. The van der Waals surface area contributed by atoms with Crippen LogP contribution in [-0.4, -0.2) is 38.2 Å². The van der Waals surface area contributed by atoms with E-state index in [9.17, 15) is 9.90 Å². The fourth-order valence-electron chi connectivity index (χ4n) is 2.45. The average molecular weight is 280 g/mol. The minimum Gasteiger partial charge on any atom is -0.388 e. The third-order valence-corrected chi connectivity index (χ3v) is 3.82. The fraction of sp³-hybridized carbons (Fsp3) is 0.786. The number of carbonyl (C=O) groups is 1. The van der Waals surface area contributed by atoms with E-state index in [-0.39, 0.29) is 5.91 Å². The van der Waals surface area contributed by atoms with Crippen LogP contribution in [0.25, 0.3) is 0 Å². The van der Waals surface area contributed by atoms with Gasteiger partial charge in [0.2, 0.25) is 0 Å². The summed E-state index contributed by atoms with van der Waals surface area (Å²) in [5, 5.41) is 20.8. The number of aryl methyl sites for hydroxylation is 1. The quantitative estimate of drug-likeness (QED) is 0.824. The van der Waals surface area contributed by atoms with Crippen LogP contribution in [0.4, 0.5) is 0 Å². The molecule has 1 amide bonds. The Balaban J connectivity index is 1.83. The predicted octanol–water partition coefficient (Wildman–Crippen LogP) is 1.36. The summed E-state index contributed by atoms with van der Waals surface area (Å²) in [6.07, 6.45) is 6.23. The van der Waals surface area contributed by atoms with Crippen molar-refractivity contribution in [1.29, 1.82) is 0 Å². The zero-order chi connectivity index (χ0) is 14.6. The van der Waals surface area contributed by atoms with Crippen LogP contribution in [0.3, 0.4) is 0 Å². The Kier molecular flexibility index (Phi) is 4.75. The molecule has 0 unspecified atom stereocenters. The maximum Gasteiger partial charge on any atom is 0.273 e. The van der Waals surface area contributed by atoms with E-state index in [0.29, 0.717) is 18.2 Å². The molecule has 1 saturated carbocycles. The van der Waals surface area contributed by atoms with Crippen LogP contribution in [0.15, 0.2) is 6.20 Å². The number of rotatable bonds is 6. The van der Waals surface area contributed by atoms with Gasteiger partial charge in [-0.1, -0.05) is 31.9 Å². The van der Waals surface area contributed by atoms with Crippen molar-refractivity contribution in [3.63, 3.8) is 0 Å². The van der Waals surface area contributed by atoms with Gasteiger partial charge in [-0.15, -0.1) is 5.10 Å². The van der Waals surface area contributed by atoms with Crippen molar-refractivity contribution in [2.75, 3.05) is 6.54 Å². The second-order valence-electron chi connectivity index (χ2n) is 6.16. The molecule has 20 heavy (non-hydrogen) atoms. The highest BCUT2D eigenvalue weighted by Gasteiger charge is 2.31. The van der Waals surface area contributed by atoms with Crippen LogP contribution < -0.4 is 5.32 Å². The highest BCUT2D eigenvalue weighted by Crippen LogP contribution is 2.28. The second-order valence-corrected chi connectivity index (χ2v) is 6.16. The van der Waals surface area contributed by atoms with Gasteiger partial charge in [-0.25, -0.2) is 0 Å². The lowest BCUT2D eigenvalue weighted by molar-refractivity contribution is 0.0448. The fourth-order valence-corrected chi connectivity index (χ4v) is 2.45. The van der Waals surface area contributed by atoms with Crippen LogP contribution >= 0.6 is 0 Å². The van der Waals surface area contributed by atoms with Gasteiger partial charge in [0.1, 0.15) is 0 Å². The molecule has 6 nitrogen and oxygen atoms in total. The molecule has 2 rings (SSSR count). The Bertz CT molecular complexity index is 450. The van der Waals surface area contributed by atoms with Gasteiger partial charge in [-0.2, -0.15) is 0 Å². The lowest BCUT2D eigenvalue weighted by Crippen LogP contribution is -2.40. The van der Waals surface area contributed by atoms with E-state index in [4.69, 9.17) is 0 Å². The number of nitrogens with one attached hydrogen (secondary N) is 1. The molecule has 0 aromatic carbocycles. The highest BCUT2D eigenvalue weighted by atomic mass is 16.3. The van der Waals surface area contributed by atoms with Gasteiger partial charge < -0.3 is 10.4 Å². The zero-order valence-corrected chi connectivity index (χ0v) is 12.3. The number of amides is 1. The summed E-state index contributed by atoms with van der Waals surface area (Å²) in [7, 11) is 0. The molecule has 0 aliphatic heterocycles. The Morgan fingerprint density at radius 3 is 2.85 bits per heavy atom. The monoisotopic (exact) mass is 280 g/mol. The summed E-state index contributed by atoms with van der Waals surface area (Å²) in [5.41, 5.74) is -0.418. The molecule has 1 aromatic rings. The van der Waals surface area contributed by atoms with Crippen molar-refractivity contribution in [3.05, 3.63) is 11.9 Å². The molecule has 1 fully saturated rings. The maximum atomic E-state index is 12.0. The summed E-state index contributed by atoms with van der Waals surface area (Å²) >= 11 is 0. The molecule has 112 valence electrons. The summed E-state index contributed by atoms with van der Waals surface area (Å²) < 4.78 is 1.69. The first kappa shape index (κ1) is 15.0. The first-order valence-electron chi connectivity index (χ1n) is 7.39. The molecule has 1 aliphatic carbocycles. The van der Waals surface area contributed by atoms with Gasteiger partial charge in [0, 0.05) is 13.1 Å². The first-order chi connectivity index (χ1) is 9.48. The number of hydrogen-bond acceptors (Lipinski definition) is 4. The minimum absolute atomic E-state index is 0.263. The van der Waals surface area contributed by atoms with E-state index in [0.717, 1.165) is 38.6 Å². The maximum absolute atomic E-state index is 12.0. The third-order valence-electron chi connectivity index (χ3n) is 3.82. The molecule has 0 spiro atoms. The van der Waals surface area contributed by atoms with Crippen LogP contribution in [0, 0.1) is 5.92 Å². The second kappa shape index (κ2) is 6.35. The van der Waals surface area contributed by atoms with Crippen molar-refractivity contribution in [3.8, 4) is 0 Å². The molecular weight excluding hydrogens is 256 g/mol. The van der Waals surface area contributed by atoms with Gasteiger partial charge in [0.15, 0.2) is 5.69 Å². The topological polar surface area (TPSA) is 80.0 Å². The Morgan fingerprint density at radius 1 is 1.50 bits per heavy atom. The number of hydrogen-bond donors (Lipinski definition) is 2. The van der Waals surface area contributed by atoms with Crippen molar-refractivity contribution in [1.82, 2.24) is 20.3 Å². The number of carbonyl (C=O) groups excluding carboxylic acids is 1. The summed E-state index contributed by atoms with van der Waals surface area (Å²) in [6, 6.07) is 0. The van der Waals surface area contributed by atoms with E-state index in [1.54, 1.807) is 10.9 Å². The molecular formula is C14H24N4O2. The number of aromatic nitrogens is 3. The molecule has 1 aliphatic rings. The lowest BCUT2D eigenvalue weighted by Gasteiger charge is -2.21. The van der Waals surface area contributed by atoms with Crippen LogP contribution in [-0.2, 0) is 6.54 Å². The molecule has 0 saturated heterocycles. The standard InChI is InChI=1S/C14H24N4O2/c1-11(2)5-8-18-9-12(16-17-18)13(19)15-10-14(20)6-3-4-7-14/h9,11,20H,3-8,10H2,1-2H3,(H,15,19). The molecule has 0 atom stereocenters. The minimum atomic E-state index is -0.733. The molecule has 0 bridgehead atoms.